The highest BCUT2D eigenvalue weighted by Crippen LogP contribution is 2.34. The Kier molecular flexibility index (Phi) is 2.74. The molecule has 0 amide bonds. The van der Waals surface area contributed by atoms with Gasteiger partial charge in [0, 0.05) is 6.04 Å². The van der Waals surface area contributed by atoms with Crippen molar-refractivity contribution in [2.45, 2.75) is 32.7 Å². The first kappa shape index (κ1) is 12.7. The molecule has 1 aromatic carbocycles. The summed E-state index contributed by atoms with van der Waals surface area (Å²) >= 11 is 0. The molecule has 0 spiro atoms. The third-order valence-corrected chi connectivity index (χ3v) is 3.36. The van der Waals surface area contributed by atoms with Crippen LogP contribution >= 0.6 is 0 Å². The smallest absolute Gasteiger partial charge is 0.374 e. The van der Waals surface area contributed by atoms with Gasteiger partial charge in [0.2, 0.25) is 5.82 Å². The quantitative estimate of drug-likeness (QED) is 0.923. The number of carbonyl (C=O) groups is 1. The highest BCUT2D eigenvalue weighted by atomic mass is 16.4. The zero-order valence-electron chi connectivity index (χ0n) is 11.3. The molecule has 0 bridgehead atoms. The number of hydrogen-bond donors (Lipinski definition) is 1. The summed E-state index contributed by atoms with van der Waals surface area (Å²) in [5.41, 5.74) is 2.23. The first-order valence-electron chi connectivity index (χ1n) is 6.51. The molecule has 1 aromatic heterocycles. The Morgan fingerprint density at radius 1 is 1.25 bits per heavy atom. The van der Waals surface area contributed by atoms with Gasteiger partial charge in [-0.2, -0.15) is 4.68 Å². The number of hydrogen-bond acceptors (Lipinski definition) is 3. The number of carboxylic acids is 1. The van der Waals surface area contributed by atoms with E-state index in [-0.39, 0.29) is 17.6 Å². The van der Waals surface area contributed by atoms with Gasteiger partial charge in [-0.25, -0.2) is 9.59 Å². The highest BCUT2D eigenvalue weighted by molar-refractivity contribution is 5.83. The molecule has 0 radical (unpaired) electrons. The van der Waals surface area contributed by atoms with Crippen molar-refractivity contribution in [1.29, 1.82) is 0 Å². The Morgan fingerprint density at radius 2 is 1.85 bits per heavy atom. The van der Waals surface area contributed by atoms with Crippen molar-refractivity contribution in [3.05, 3.63) is 45.6 Å². The van der Waals surface area contributed by atoms with Crippen LogP contribution in [-0.2, 0) is 0 Å². The van der Waals surface area contributed by atoms with E-state index in [2.05, 4.69) is 5.10 Å². The number of aryl methyl sites for hydroxylation is 2. The number of benzene rings is 1. The molecule has 1 saturated carbocycles. The van der Waals surface area contributed by atoms with Gasteiger partial charge in [0.25, 0.3) is 0 Å². The fourth-order valence-corrected chi connectivity index (χ4v) is 2.43. The lowest BCUT2D eigenvalue weighted by Crippen LogP contribution is -2.24. The van der Waals surface area contributed by atoms with E-state index in [1.165, 1.54) is 9.25 Å². The second-order valence-corrected chi connectivity index (χ2v) is 5.27. The van der Waals surface area contributed by atoms with Crippen molar-refractivity contribution in [2.24, 2.45) is 0 Å². The number of nitrogens with zero attached hydrogens (tertiary/aromatic N) is 3. The SMILES string of the molecule is Cc1cc(C)cc(-n2nc(C(=O)O)n(C3CC3)c2=O)c1. The van der Waals surface area contributed by atoms with Crippen LogP contribution in [0.1, 0.15) is 40.6 Å². The summed E-state index contributed by atoms with van der Waals surface area (Å²) in [5, 5.41) is 13.2. The van der Waals surface area contributed by atoms with Gasteiger partial charge in [-0.1, -0.05) is 6.07 Å². The van der Waals surface area contributed by atoms with E-state index in [0.717, 1.165) is 24.0 Å². The van der Waals surface area contributed by atoms with Crippen LogP contribution < -0.4 is 5.69 Å². The minimum atomic E-state index is -1.17. The monoisotopic (exact) mass is 273 g/mol. The Hall–Kier alpha value is -2.37. The summed E-state index contributed by atoms with van der Waals surface area (Å²) in [6.07, 6.45) is 1.66. The van der Waals surface area contributed by atoms with Crippen LogP contribution in [0.3, 0.4) is 0 Å². The van der Waals surface area contributed by atoms with Gasteiger partial charge in [-0.05, 0) is 49.9 Å². The largest absolute Gasteiger partial charge is 0.475 e. The molecule has 104 valence electrons. The predicted molar refractivity (Wildman–Crippen MR) is 72.5 cm³/mol. The third-order valence-electron chi connectivity index (χ3n) is 3.36. The zero-order chi connectivity index (χ0) is 14.4. The molecule has 0 aliphatic heterocycles. The van der Waals surface area contributed by atoms with Crippen LogP contribution in [0.25, 0.3) is 5.69 Å². The molecule has 1 aliphatic rings. The first-order valence-corrected chi connectivity index (χ1v) is 6.51. The molecule has 6 heteroatoms. The van der Waals surface area contributed by atoms with Crippen molar-refractivity contribution in [1.82, 2.24) is 14.3 Å². The van der Waals surface area contributed by atoms with Crippen molar-refractivity contribution >= 4 is 5.97 Å². The highest BCUT2D eigenvalue weighted by Gasteiger charge is 2.32. The minimum absolute atomic E-state index is 0.0201. The zero-order valence-corrected chi connectivity index (χ0v) is 11.3. The summed E-state index contributed by atoms with van der Waals surface area (Å²) < 4.78 is 2.47. The summed E-state index contributed by atoms with van der Waals surface area (Å²) in [7, 11) is 0. The minimum Gasteiger partial charge on any atom is -0.475 e. The molecule has 1 N–H and O–H groups in total. The predicted octanol–water partition coefficient (Wildman–Crippen LogP) is 1.68. The maximum atomic E-state index is 12.4. The Labute approximate surface area is 115 Å². The number of aromatic nitrogens is 3. The van der Waals surface area contributed by atoms with Crippen LogP contribution in [-0.4, -0.2) is 25.4 Å². The van der Waals surface area contributed by atoms with Gasteiger partial charge in [-0.15, -0.1) is 5.10 Å². The van der Waals surface area contributed by atoms with E-state index < -0.39 is 5.97 Å². The average Bonchev–Trinajstić information content (AvgIpc) is 3.11. The summed E-state index contributed by atoms with van der Waals surface area (Å²) in [5.74, 6) is -1.35. The molecule has 6 nitrogen and oxygen atoms in total. The lowest BCUT2D eigenvalue weighted by molar-refractivity contribution is 0.0676. The first-order chi connectivity index (χ1) is 9.47. The topological polar surface area (TPSA) is 77.1 Å². The van der Waals surface area contributed by atoms with E-state index in [1.807, 2.05) is 32.0 Å². The van der Waals surface area contributed by atoms with Crippen molar-refractivity contribution in [3.8, 4) is 5.69 Å². The summed E-state index contributed by atoms with van der Waals surface area (Å²) in [6, 6.07) is 5.62. The number of carboxylic acid groups (broad SMARTS) is 1. The normalized spacial score (nSPS) is 14.5. The van der Waals surface area contributed by atoms with Gasteiger partial charge >= 0.3 is 11.7 Å². The van der Waals surface area contributed by atoms with E-state index in [1.54, 1.807) is 0 Å². The van der Waals surface area contributed by atoms with E-state index in [4.69, 9.17) is 0 Å². The summed E-state index contributed by atoms with van der Waals surface area (Å²) in [6.45, 7) is 3.86. The molecule has 20 heavy (non-hydrogen) atoms. The van der Waals surface area contributed by atoms with E-state index >= 15 is 0 Å². The molecule has 3 rings (SSSR count). The van der Waals surface area contributed by atoms with Crippen LogP contribution in [0, 0.1) is 13.8 Å². The van der Waals surface area contributed by atoms with Crippen LogP contribution in [0.4, 0.5) is 0 Å². The molecule has 0 saturated heterocycles. The Balaban J connectivity index is 2.21. The number of rotatable bonds is 3. The van der Waals surface area contributed by atoms with Crippen LogP contribution in [0.2, 0.25) is 0 Å². The molecule has 1 fully saturated rings. The second kappa shape index (κ2) is 4.33. The maximum absolute atomic E-state index is 12.4. The van der Waals surface area contributed by atoms with Crippen molar-refractivity contribution < 1.29 is 9.90 Å². The van der Waals surface area contributed by atoms with Crippen molar-refractivity contribution in [3.63, 3.8) is 0 Å². The van der Waals surface area contributed by atoms with Crippen LogP contribution in [0.5, 0.6) is 0 Å². The van der Waals surface area contributed by atoms with Gasteiger partial charge in [0.1, 0.15) is 0 Å². The Morgan fingerprint density at radius 3 is 2.35 bits per heavy atom. The van der Waals surface area contributed by atoms with E-state index in [9.17, 15) is 14.7 Å². The third kappa shape index (κ3) is 2.03. The number of aromatic carboxylic acids is 1. The second-order valence-electron chi connectivity index (χ2n) is 5.27. The lowest BCUT2D eigenvalue weighted by Gasteiger charge is -2.03. The van der Waals surface area contributed by atoms with Crippen molar-refractivity contribution in [2.75, 3.05) is 0 Å². The molecule has 0 atom stereocenters. The standard InChI is InChI=1S/C14H15N3O3/c1-8-5-9(2)7-11(6-8)17-14(20)16(10-3-4-10)12(15-17)13(18)19/h5-7,10H,3-4H2,1-2H3,(H,18,19). The van der Waals surface area contributed by atoms with Gasteiger partial charge in [-0.3, -0.25) is 4.57 Å². The van der Waals surface area contributed by atoms with Crippen LogP contribution in [0.15, 0.2) is 23.0 Å². The molecule has 2 aromatic rings. The summed E-state index contributed by atoms with van der Waals surface area (Å²) in [4.78, 5) is 23.6. The van der Waals surface area contributed by atoms with E-state index in [0.29, 0.717) is 5.69 Å². The average molecular weight is 273 g/mol. The fourth-order valence-electron chi connectivity index (χ4n) is 2.43. The fraction of sp³-hybridized carbons (Fsp3) is 0.357. The molecular weight excluding hydrogens is 258 g/mol. The Bertz CT molecular complexity index is 733. The van der Waals surface area contributed by atoms with Gasteiger partial charge in [0.05, 0.1) is 5.69 Å². The van der Waals surface area contributed by atoms with Gasteiger partial charge < -0.3 is 5.11 Å². The maximum Gasteiger partial charge on any atom is 0.374 e. The molecule has 0 unspecified atom stereocenters. The molecular formula is C14H15N3O3. The molecule has 1 heterocycles. The van der Waals surface area contributed by atoms with Gasteiger partial charge in [0.15, 0.2) is 0 Å². The lowest BCUT2D eigenvalue weighted by atomic mass is 10.1. The molecule has 1 aliphatic carbocycles.